The van der Waals surface area contributed by atoms with Gasteiger partial charge in [0.15, 0.2) is 5.65 Å². The van der Waals surface area contributed by atoms with Crippen LogP contribution in [0.15, 0.2) is 0 Å². The smallest absolute Gasteiger partial charge is 0.186 e. The highest BCUT2D eigenvalue weighted by molar-refractivity contribution is 5.16. The summed E-state index contributed by atoms with van der Waals surface area (Å²) in [6.07, 6.45) is 0. The average Bonchev–Trinajstić information content (AvgIpc) is 1.92. The minimum absolute atomic E-state index is 0. The van der Waals surface area contributed by atoms with E-state index < -0.39 is 0 Å². The van der Waals surface area contributed by atoms with Crippen LogP contribution in [0.25, 0.3) is 0 Å². The van der Waals surface area contributed by atoms with Gasteiger partial charge in [-0.15, -0.1) is 0 Å². The molecular weight excluding hydrogens is 116 g/mol. The molecule has 0 radical (unpaired) electrons. The summed E-state index contributed by atoms with van der Waals surface area (Å²) in [5.41, 5.74) is 0. The maximum absolute atomic E-state index is 5.72. The van der Waals surface area contributed by atoms with Gasteiger partial charge in [0.2, 0.25) is 0 Å². The molecule has 0 bridgehead atoms. The van der Waals surface area contributed by atoms with Gasteiger partial charge in [0.05, 0.1) is 0 Å². The topological polar surface area (TPSA) is 95.4 Å². The third-order valence-electron chi connectivity index (χ3n) is 0. The number of nitrogens with one attached hydrogen (secondary N) is 4. The van der Waals surface area contributed by atoms with Crippen LogP contribution in [-0.2, 0) is 0 Å². The Kier molecular flexibility index (Phi) is 106. The van der Waals surface area contributed by atoms with Crippen molar-refractivity contribution in [3.63, 3.8) is 0 Å². The number of hydrogen-bond donors (Lipinski definition) is 4. The van der Waals surface area contributed by atoms with Gasteiger partial charge in [0, 0.05) is 0 Å². The molecule has 0 aromatic heterocycles. The lowest BCUT2D eigenvalue weighted by atomic mass is 11.8. The molecule has 4 N–H and O–H groups in total. The molecule has 0 unspecified atom stereocenters. The summed E-state index contributed by atoms with van der Waals surface area (Å²) < 4.78 is 22.9. The predicted octanol–water partition coefficient (Wildman–Crippen LogP) is 1.70. The van der Waals surface area contributed by atoms with Gasteiger partial charge in [0.25, 0.3) is 0 Å². The molecule has 56 valence electrons. The molecule has 0 aromatic rings. The zero-order valence-corrected chi connectivity index (χ0v) is 4.62. The largest absolute Gasteiger partial charge is 0.317 e. The van der Waals surface area contributed by atoms with Crippen molar-refractivity contribution in [1.82, 2.24) is 0 Å². The second-order valence-electron chi connectivity index (χ2n) is 0. The Morgan fingerprint density at radius 2 is 0.778 bits per heavy atom. The molecule has 0 aromatic carbocycles. The Bertz CT molecular complexity index is 74.5. The molecule has 0 spiro atoms. The second-order valence-corrected chi connectivity index (χ2v) is 0. The molecular formula is C5H16N4. The normalized spacial score (nSPS) is 6.22. The van der Waals surface area contributed by atoms with E-state index in [-0.39, 0.29) is 7.43 Å². The molecule has 0 rings (SSSR count). The first-order valence-corrected chi connectivity index (χ1v) is 1.26. The first kappa shape index (κ1) is 7.68. The summed E-state index contributed by atoms with van der Waals surface area (Å²) >= 11 is 0. The maximum atomic E-state index is 5.72. The lowest BCUT2D eigenvalue weighted by Gasteiger charge is -0.890. The minimum Gasteiger partial charge on any atom is -0.317 e. The molecule has 0 aliphatic heterocycles. The molecule has 0 aliphatic rings. The quantitative estimate of drug-likeness (QED) is 0.368. The van der Waals surface area contributed by atoms with Crippen LogP contribution in [0.3, 0.4) is 0 Å². The molecule has 4 nitrogen and oxygen atoms in total. The van der Waals surface area contributed by atoms with Crippen molar-refractivity contribution in [2.24, 2.45) is 0 Å². The van der Waals surface area contributed by atoms with Gasteiger partial charge in [-0.05, 0) is 26.9 Å². The van der Waals surface area contributed by atoms with Gasteiger partial charge in [-0.3, -0.25) is 0 Å². The Morgan fingerprint density at radius 3 is 0.778 bits per heavy atom. The Hall–Kier alpha value is -1.32. The lowest BCUT2D eigenvalue weighted by Crippen LogP contribution is -0.827. The monoisotopic (exact) mass is 140 g/mol. The van der Waals surface area contributed by atoms with E-state index in [1.54, 1.807) is 0 Å². The van der Waals surface area contributed by atoms with Crippen molar-refractivity contribution in [2.75, 3.05) is 0 Å². The molecule has 0 heterocycles. The van der Waals surface area contributed by atoms with Gasteiger partial charge in [0.1, 0.15) is 0 Å². The van der Waals surface area contributed by atoms with Crippen molar-refractivity contribution in [3.8, 4) is 0 Å². The van der Waals surface area contributed by atoms with E-state index in [2.05, 4.69) is 48.5 Å². The van der Waals surface area contributed by atoms with Gasteiger partial charge < -0.3 is 21.6 Å². The summed E-state index contributed by atoms with van der Waals surface area (Å²) in [6, 6.07) is 0. The predicted molar refractivity (Wildman–Crippen MR) is 46.1 cm³/mol. The third-order valence-corrected chi connectivity index (χ3v) is 0. The Balaban J connectivity index is -0.0000000213. The third kappa shape index (κ3) is 84.0. The van der Waals surface area contributed by atoms with E-state index in [0.29, 0.717) is 0 Å². The van der Waals surface area contributed by atoms with Crippen LogP contribution in [0, 0.1) is 21.6 Å². The first-order chi connectivity index (χ1) is 5.66. The summed E-state index contributed by atoms with van der Waals surface area (Å²) in [5.74, 6) is 0. The zero-order chi connectivity index (χ0) is 10.8. The lowest BCUT2D eigenvalue weighted by molar-refractivity contribution is 1.61. The SMILES string of the molecule is C.[3H]N=C.[3H]N=C.[3H]N=C.[3H]N=C. The van der Waals surface area contributed by atoms with Crippen LogP contribution >= 0.6 is 0 Å². The van der Waals surface area contributed by atoms with Crippen molar-refractivity contribution in [2.45, 2.75) is 7.43 Å². The van der Waals surface area contributed by atoms with E-state index in [9.17, 15) is 0 Å². The molecule has 4 heteroatoms. The van der Waals surface area contributed by atoms with Gasteiger partial charge >= 0.3 is 0 Å². The molecule has 0 atom stereocenters. The highest BCUT2D eigenvalue weighted by Gasteiger charge is 0.561. The number of rotatable bonds is 0. The van der Waals surface area contributed by atoms with E-state index in [1.165, 1.54) is 0 Å². The van der Waals surface area contributed by atoms with E-state index in [0.717, 1.165) is 0 Å². The fourth-order valence-electron chi connectivity index (χ4n) is 0. The summed E-state index contributed by atoms with van der Waals surface area (Å²) in [5, 5.41) is 10.0. The molecule has 0 fully saturated rings. The van der Waals surface area contributed by atoms with Gasteiger partial charge in [-0.2, -0.15) is 0 Å². The van der Waals surface area contributed by atoms with Crippen molar-refractivity contribution in [3.05, 3.63) is 0 Å². The van der Waals surface area contributed by atoms with Crippen LogP contribution in [0.2, 0.25) is 5.65 Å². The highest BCUT2D eigenvalue weighted by atomic mass is 14.2. The summed E-state index contributed by atoms with van der Waals surface area (Å²) in [7, 11) is 0. The Morgan fingerprint density at radius 1 is 0.778 bits per heavy atom. The van der Waals surface area contributed by atoms with E-state index >= 15 is 0 Å². The summed E-state index contributed by atoms with van der Waals surface area (Å²) in [6.45, 7) is 11.1. The van der Waals surface area contributed by atoms with Crippen LogP contribution < -0.4 is 0 Å². The Labute approximate surface area is 62.8 Å². The number of hydrogen-bond acceptors (Lipinski definition) is 4. The van der Waals surface area contributed by atoms with Crippen LogP contribution in [0.5, 0.6) is 0 Å². The van der Waals surface area contributed by atoms with Crippen molar-refractivity contribution in [1.29, 1.82) is 21.6 Å². The fourth-order valence-corrected chi connectivity index (χ4v) is 0. The first-order valence-electron chi connectivity index (χ1n) is 3.05. The van der Waals surface area contributed by atoms with Gasteiger partial charge in [-0.1, -0.05) is 7.43 Å². The molecule has 0 saturated heterocycles. The van der Waals surface area contributed by atoms with Crippen molar-refractivity contribution >= 4 is 26.9 Å². The van der Waals surface area contributed by atoms with E-state index in [1.807, 2.05) is 0 Å². The van der Waals surface area contributed by atoms with Crippen LogP contribution in [0.4, 0.5) is 0 Å². The van der Waals surface area contributed by atoms with Crippen molar-refractivity contribution < 1.29 is 5.65 Å². The van der Waals surface area contributed by atoms with Crippen LogP contribution in [-0.4, -0.2) is 26.9 Å². The molecule has 0 saturated carbocycles. The second kappa shape index (κ2) is 124. The maximum Gasteiger partial charge on any atom is 0.186 e. The highest BCUT2D eigenvalue weighted by Crippen LogP contribution is 0.639. The van der Waals surface area contributed by atoms with Crippen LogP contribution in [0.1, 0.15) is 7.43 Å². The fraction of sp³-hybridized carbons (Fsp3) is 0.200. The standard InChI is InChI=1S/4CH3N.CH4/c4*1-2;/h4*2H,1H2;1H4/i/hT4. The summed E-state index contributed by atoms with van der Waals surface area (Å²) in [4.78, 5) is 0. The minimum atomic E-state index is 0. The zero-order valence-electron chi connectivity index (χ0n) is 8.62. The van der Waals surface area contributed by atoms with Gasteiger partial charge in [-0.25, -0.2) is 0 Å². The van der Waals surface area contributed by atoms with E-state index in [4.69, 9.17) is 5.65 Å². The molecule has 0 amide bonds. The average molecular weight is 140 g/mol. The molecule has 0 aliphatic carbocycles. The molecule has 9 heavy (non-hydrogen) atoms.